The Kier molecular flexibility index (Phi) is 13.2. The molecule has 14 heteroatoms. The van der Waals surface area contributed by atoms with Gasteiger partial charge in [0.25, 0.3) is 0 Å². The lowest BCUT2D eigenvalue weighted by Gasteiger charge is -2.20. The first-order valence-corrected chi connectivity index (χ1v) is 15.1. The highest BCUT2D eigenvalue weighted by atomic mass is 35.5. The number of ether oxygens (including phenoxy) is 2. The Morgan fingerprint density at radius 2 is 1.59 bits per heavy atom. The molecule has 226 valence electrons. The van der Waals surface area contributed by atoms with Crippen LogP contribution in [0.3, 0.4) is 0 Å². The molecule has 1 aromatic carbocycles. The Balaban J connectivity index is 1.53. The van der Waals surface area contributed by atoms with Crippen LogP contribution in [0.1, 0.15) is 64.2 Å². The summed E-state index contributed by atoms with van der Waals surface area (Å²) in [5, 5.41) is 15.2. The predicted octanol–water partition coefficient (Wildman–Crippen LogP) is 3.07. The van der Waals surface area contributed by atoms with Gasteiger partial charge in [-0.1, -0.05) is 23.4 Å². The molecule has 2 aliphatic carbocycles. The molecule has 1 aromatic rings. The van der Waals surface area contributed by atoms with Gasteiger partial charge in [-0.05, 0) is 82.1 Å². The van der Waals surface area contributed by atoms with E-state index < -0.39 is 47.6 Å². The number of nitrogens with zero attached hydrogens (tertiary/aromatic N) is 1. The summed E-state index contributed by atoms with van der Waals surface area (Å²) in [7, 11) is 0. The van der Waals surface area contributed by atoms with E-state index in [0.29, 0.717) is 21.8 Å². The number of carbonyl (C=O) groups excluding carboxylic acids is 5. The van der Waals surface area contributed by atoms with Crippen molar-refractivity contribution in [2.24, 2.45) is 5.73 Å². The van der Waals surface area contributed by atoms with Crippen LogP contribution < -0.4 is 21.4 Å². The molecule has 2 aliphatic rings. The van der Waals surface area contributed by atoms with Crippen LogP contribution >= 0.6 is 23.4 Å². The van der Waals surface area contributed by atoms with Crippen LogP contribution in [0.5, 0.6) is 0 Å². The molecule has 0 spiro atoms. The highest BCUT2D eigenvalue weighted by molar-refractivity contribution is 8.13. The van der Waals surface area contributed by atoms with Crippen molar-refractivity contribution in [1.29, 1.82) is 0 Å². The first-order valence-electron chi connectivity index (χ1n) is 13.8. The molecule has 3 rings (SSSR count). The average molecular weight is 613 g/mol. The molecule has 0 aliphatic heterocycles. The molecule has 3 amide bonds. The van der Waals surface area contributed by atoms with E-state index in [-0.39, 0.29) is 36.5 Å². The number of nitrogens with one attached hydrogen (secondary N) is 2. The number of benzene rings is 1. The second-order valence-electron chi connectivity index (χ2n) is 10.1. The van der Waals surface area contributed by atoms with Gasteiger partial charge in [0.15, 0.2) is 0 Å². The first kappa shape index (κ1) is 32.6. The van der Waals surface area contributed by atoms with Crippen LogP contribution in [0.15, 0.2) is 24.3 Å². The molecule has 0 saturated heterocycles. The van der Waals surface area contributed by atoms with E-state index in [1.165, 1.54) is 24.3 Å². The molecule has 2 fully saturated rings. The van der Waals surface area contributed by atoms with E-state index in [4.69, 9.17) is 26.8 Å². The molecule has 12 nitrogen and oxygen atoms in total. The van der Waals surface area contributed by atoms with Gasteiger partial charge in [0, 0.05) is 17.2 Å². The van der Waals surface area contributed by atoms with Gasteiger partial charge < -0.3 is 25.8 Å². The van der Waals surface area contributed by atoms with Crippen LogP contribution in [0.25, 0.3) is 0 Å². The van der Waals surface area contributed by atoms with Gasteiger partial charge in [-0.15, -0.1) is 0 Å². The number of hydrogen-bond acceptors (Lipinski definition) is 10. The maximum Gasteiger partial charge on any atom is 0.325 e. The van der Waals surface area contributed by atoms with Gasteiger partial charge in [-0.25, -0.2) is 0 Å². The second-order valence-corrected chi connectivity index (χ2v) is 11.5. The topological polar surface area (TPSA) is 177 Å². The van der Waals surface area contributed by atoms with Crippen molar-refractivity contribution in [2.75, 3.05) is 17.4 Å². The highest BCUT2D eigenvalue weighted by Gasteiger charge is 2.27. The number of amides is 3. The zero-order valence-corrected chi connectivity index (χ0v) is 24.3. The third-order valence-electron chi connectivity index (χ3n) is 6.85. The van der Waals surface area contributed by atoms with Crippen molar-refractivity contribution in [3.05, 3.63) is 29.3 Å². The number of rotatable bonds is 13. The fourth-order valence-corrected chi connectivity index (χ4v) is 5.43. The summed E-state index contributed by atoms with van der Waals surface area (Å²) in [4.78, 5) is 62.5. The average Bonchev–Trinajstić information content (AvgIpc) is 3.67. The number of hydroxylamine groups is 1. The first-order chi connectivity index (χ1) is 19.6. The maximum atomic E-state index is 12.9. The second kappa shape index (κ2) is 16.5. The largest absolute Gasteiger partial charge is 0.461 e. The summed E-state index contributed by atoms with van der Waals surface area (Å²) in [6, 6.07) is 3.61. The summed E-state index contributed by atoms with van der Waals surface area (Å²) < 4.78 is 10.7. The minimum atomic E-state index is -1.24. The third kappa shape index (κ3) is 11.1. The number of carbonyl (C=O) groups is 5. The van der Waals surface area contributed by atoms with E-state index in [9.17, 15) is 29.2 Å². The normalized spacial score (nSPS) is 17.0. The fraction of sp³-hybridized carbons (Fsp3) is 0.593. The Labute approximate surface area is 247 Å². The standard InChI is InChI=1S/C27H37ClN4O8S/c28-17-9-11-18(12-10-17)32(38)27(37)41-16-22(25(35)30-15-24(34)39-19-5-1-2-6-19)31-23(33)14-13-21(29)26(36)40-20-7-3-4-8-20/h9-12,19-22,38H,1-8,13-16,29H2,(H,30,35)(H,31,33)/t21-,22-/m0/s1. The zero-order chi connectivity index (χ0) is 29.8. The van der Waals surface area contributed by atoms with Crippen molar-refractivity contribution in [3.8, 4) is 0 Å². The van der Waals surface area contributed by atoms with Crippen molar-refractivity contribution in [1.82, 2.24) is 10.6 Å². The van der Waals surface area contributed by atoms with Crippen molar-refractivity contribution in [2.45, 2.75) is 88.5 Å². The summed E-state index contributed by atoms with van der Waals surface area (Å²) in [5.74, 6) is -2.74. The molecule has 0 heterocycles. The summed E-state index contributed by atoms with van der Waals surface area (Å²) >= 11 is 6.42. The third-order valence-corrected chi connectivity index (χ3v) is 8.02. The number of nitrogens with two attached hydrogens (primary N) is 1. The lowest BCUT2D eigenvalue weighted by Crippen LogP contribution is -2.50. The summed E-state index contributed by atoms with van der Waals surface area (Å²) in [6.45, 7) is -0.408. The molecule has 2 saturated carbocycles. The number of halogens is 1. The predicted molar refractivity (Wildman–Crippen MR) is 152 cm³/mol. The van der Waals surface area contributed by atoms with Gasteiger partial charge >= 0.3 is 17.2 Å². The molecule has 5 N–H and O–H groups in total. The van der Waals surface area contributed by atoms with Gasteiger partial charge in [0.1, 0.15) is 30.8 Å². The van der Waals surface area contributed by atoms with E-state index >= 15 is 0 Å². The van der Waals surface area contributed by atoms with E-state index in [1.807, 2.05) is 0 Å². The number of esters is 2. The quantitative estimate of drug-likeness (QED) is 0.147. The van der Waals surface area contributed by atoms with Gasteiger partial charge in [-0.3, -0.25) is 29.2 Å². The van der Waals surface area contributed by atoms with Crippen molar-refractivity contribution in [3.63, 3.8) is 0 Å². The lowest BCUT2D eigenvalue weighted by atomic mass is 10.1. The minimum Gasteiger partial charge on any atom is -0.461 e. The van der Waals surface area contributed by atoms with Crippen LogP contribution in [0.2, 0.25) is 5.02 Å². The van der Waals surface area contributed by atoms with Crippen LogP contribution in [-0.4, -0.2) is 70.8 Å². The van der Waals surface area contributed by atoms with Crippen LogP contribution in [0, 0.1) is 0 Å². The molecule has 41 heavy (non-hydrogen) atoms. The molecular formula is C27H37ClN4O8S. The van der Waals surface area contributed by atoms with Crippen molar-refractivity contribution >= 4 is 58.0 Å². The van der Waals surface area contributed by atoms with E-state index in [2.05, 4.69) is 10.6 Å². The Morgan fingerprint density at radius 3 is 2.20 bits per heavy atom. The lowest BCUT2D eigenvalue weighted by molar-refractivity contribution is -0.150. The summed E-state index contributed by atoms with van der Waals surface area (Å²) in [5.41, 5.74) is 6.06. The molecular weight excluding hydrogens is 576 g/mol. The summed E-state index contributed by atoms with van der Waals surface area (Å²) in [6.07, 6.45) is 6.58. The van der Waals surface area contributed by atoms with E-state index in [1.54, 1.807) is 0 Å². The smallest absolute Gasteiger partial charge is 0.325 e. The number of hydrogen-bond donors (Lipinski definition) is 4. The number of thioether (sulfide) groups is 1. The van der Waals surface area contributed by atoms with Crippen LogP contribution in [-0.2, 0) is 28.7 Å². The van der Waals surface area contributed by atoms with E-state index in [0.717, 1.165) is 51.4 Å². The maximum absolute atomic E-state index is 12.9. The molecule has 0 unspecified atom stereocenters. The molecule has 0 aromatic heterocycles. The fourth-order valence-electron chi connectivity index (χ4n) is 4.53. The minimum absolute atomic E-state index is 0.00744. The Morgan fingerprint density at radius 1 is 1.00 bits per heavy atom. The van der Waals surface area contributed by atoms with Crippen molar-refractivity contribution < 1.29 is 38.7 Å². The van der Waals surface area contributed by atoms with Gasteiger partial charge in [0.2, 0.25) is 11.8 Å². The molecule has 0 bridgehead atoms. The molecule has 0 radical (unpaired) electrons. The van der Waals surface area contributed by atoms with Gasteiger partial charge in [-0.2, -0.15) is 5.06 Å². The Hall–Kier alpha value is -2.87. The van der Waals surface area contributed by atoms with Crippen LogP contribution in [0.4, 0.5) is 10.5 Å². The molecule has 2 atom stereocenters. The Bertz CT molecular complexity index is 1060. The zero-order valence-electron chi connectivity index (χ0n) is 22.7. The number of anilines is 1. The SMILES string of the molecule is N[C@@H](CCC(=O)N[C@@H](CSC(=O)N(O)c1ccc(Cl)cc1)C(=O)NCC(=O)OC1CCCC1)C(=O)OC1CCCC1. The monoisotopic (exact) mass is 612 g/mol. The highest BCUT2D eigenvalue weighted by Crippen LogP contribution is 2.23. The van der Waals surface area contributed by atoms with Gasteiger partial charge in [0.05, 0.1) is 5.69 Å².